The molecule has 0 amide bonds. The summed E-state index contributed by atoms with van der Waals surface area (Å²) in [6.45, 7) is 2.51. The summed E-state index contributed by atoms with van der Waals surface area (Å²) in [5, 5.41) is 4.53. The number of carbonyl (C=O) groups is 1. The Morgan fingerprint density at radius 1 is 1.38 bits per heavy atom. The van der Waals surface area contributed by atoms with E-state index in [0.717, 1.165) is 17.9 Å². The fourth-order valence-corrected chi connectivity index (χ4v) is 2.75. The lowest BCUT2D eigenvalue weighted by atomic mass is 10.1. The average Bonchev–Trinajstić information content (AvgIpc) is 3.05. The molecule has 1 fully saturated rings. The second-order valence-corrected chi connectivity index (χ2v) is 5.71. The van der Waals surface area contributed by atoms with Crippen molar-refractivity contribution in [2.75, 3.05) is 26.9 Å². The third kappa shape index (κ3) is 3.98. The maximum Gasteiger partial charge on any atom is 0.307 e. The van der Waals surface area contributed by atoms with Crippen LogP contribution in [0.2, 0.25) is 0 Å². The second kappa shape index (κ2) is 7.55. The van der Waals surface area contributed by atoms with Crippen LogP contribution in [0.1, 0.15) is 12.1 Å². The van der Waals surface area contributed by atoms with Crippen LogP contribution in [0.25, 0.3) is 5.69 Å². The summed E-state index contributed by atoms with van der Waals surface area (Å²) in [4.78, 5) is 13.7. The van der Waals surface area contributed by atoms with Gasteiger partial charge in [-0.2, -0.15) is 5.10 Å². The number of halogens is 1. The average molecular weight is 333 g/mol. The van der Waals surface area contributed by atoms with E-state index in [4.69, 9.17) is 9.47 Å². The molecule has 0 N–H and O–H groups in total. The van der Waals surface area contributed by atoms with Gasteiger partial charge in [0.15, 0.2) is 0 Å². The Balaban J connectivity index is 1.68. The number of esters is 1. The predicted molar refractivity (Wildman–Crippen MR) is 85.2 cm³/mol. The van der Waals surface area contributed by atoms with Crippen LogP contribution in [0.15, 0.2) is 36.5 Å². The summed E-state index contributed by atoms with van der Waals surface area (Å²) in [6, 6.07) is 8.09. The lowest BCUT2D eigenvalue weighted by molar-refractivity contribution is -0.144. The normalized spacial score (nSPS) is 18.5. The molecule has 1 aromatic heterocycles. The number of hydrogen-bond acceptors (Lipinski definition) is 5. The second-order valence-electron chi connectivity index (χ2n) is 5.71. The fraction of sp³-hybridized carbons (Fsp3) is 0.412. The number of aromatic nitrogens is 2. The molecule has 1 aliphatic heterocycles. The summed E-state index contributed by atoms with van der Waals surface area (Å²) in [7, 11) is 1.39. The van der Waals surface area contributed by atoms with Gasteiger partial charge >= 0.3 is 5.97 Å². The van der Waals surface area contributed by atoms with Crippen molar-refractivity contribution in [3.63, 3.8) is 0 Å². The number of carbonyl (C=O) groups excluding carboxylic acids is 1. The van der Waals surface area contributed by atoms with Crippen molar-refractivity contribution in [3.8, 4) is 5.69 Å². The number of nitrogens with zero attached hydrogens (tertiary/aromatic N) is 3. The van der Waals surface area contributed by atoms with E-state index in [1.807, 2.05) is 12.3 Å². The van der Waals surface area contributed by atoms with Crippen LogP contribution >= 0.6 is 0 Å². The highest BCUT2D eigenvalue weighted by Gasteiger charge is 2.26. The number of rotatable bonds is 5. The molecule has 2 heterocycles. The van der Waals surface area contributed by atoms with E-state index in [1.54, 1.807) is 16.8 Å². The highest BCUT2D eigenvalue weighted by molar-refractivity contribution is 5.69. The molecule has 6 nitrogen and oxygen atoms in total. The van der Waals surface area contributed by atoms with Crippen molar-refractivity contribution < 1.29 is 18.7 Å². The van der Waals surface area contributed by atoms with Crippen LogP contribution in [0.3, 0.4) is 0 Å². The van der Waals surface area contributed by atoms with Gasteiger partial charge in [0, 0.05) is 25.3 Å². The molecule has 0 bridgehead atoms. The third-order valence-corrected chi connectivity index (χ3v) is 4.08. The first-order valence-corrected chi connectivity index (χ1v) is 7.85. The zero-order valence-electron chi connectivity index (χ0n) is 13.5. The fourth-order valence-electron chi connectivity index (χ4n) is 2.75. The van der Waals surface area contributed by atoms with Gasteiger partial charge in [-0.25, -0.2) is 9.07 Å². The maximum atomic E-state index is 13.0. The van der Waals surface area contributed by atoms with E-state index in [2.05, 4.69) is 10.00 Å². The van der Waals surface area contributed by atoms with Gasteiger partial charge in [-0.3, -0.25) is 9.69 Å². The first kappa shape index (κ1) is 16.6. The zero-order valence-corrected chi connectivity index (χ0v) is 13.5. The smallest absolute Gasteiger partial charge is 0.307 e. The van der Waals surface area contributed by atoms with E-state index in [9.17, 15) is 9.18 Å². The quantitative estimate of drug-likeness (QED) is 0.781. The van der Waals surface area contributed by atoms with Crippen molar-refractivity contribution in [1.82, 2.24) is 14.7 Å². The highest BCUT2D eigenvalue weighted by Crippen LogP contribution is 2.16. The summed E-state index contributed by atoms with van der Waals surface area (Å²) >= 11 is 0. The minimum absolute atomic E-state index is 0.0119. The first-order valence-electron chi connectivity index (χ1n) is 7.85. The standard InChI is InChI=1S/C17H20FN3O3/c1-23-17(22)10-16-12-24-9-8-20(16)11-14-6-7-21(19-14)15-4-2-13(18)3-5-15/h2-7,16H,8-12H2,1H3. The van der Waals surface area contributed by atoms with E-state index in [1.165, 1.54) is 19.2 Å². The molecule has 1 saturated heterocycles. The Kier molecular flexibility index (Phi) is 5.22. The van der Waals surface area contributed by atoms with Crippen molar-refractivity contribution >= 4 is 5.97 Å². The SMILES string of the molecule is COC(=O)CC1COCCN1Cc1ccn(-c2ccc(F)cc2)n1. The van der Waals surface area contributed by atoms with E-state index < -0.39 is 0 Å². The van der Waals surface area contributed by atoms with Gasteiger partial charge in [-0.15, -0.1) is 0 Å². The van der Waals surface area contributed by atoms with Gasteiger partial charge in [0.2, 0.25) is 0 Å². The van der Waals surface area contributed by atoms with E-state index in [-0.39, 0.29) is 17.8 Å². The molecule has 3 rings (SSSR count). The minimum Gasteiger partial charge on any atom is -0.469 e. The molecular weight excluding hydrogens is 313 g/mol. The molecule has 0 spiro atoms. The predicted octanol–water partition coefficient (Wildman–Crippen LogP) is 1.78. The van der Waals surface area contributed by atoms with Crippen LogP contribution in [0.5, 0.6) is 0 Å². The summed E-state index contributed by atoms with van der Waals surface area (Å²) in [5.41, 5.74) is 1.69. The number of hydrogen-bond donors (Lipinski definition) is 0. The molecule has 24 heavy (non-hydrogen) atoms. The van der Waals surface area contributed by atoms with Gasteiger partial charge < -0.3 is 9.47 Å². The number of methoxy groups -OCH3 is 1. The molecular formula is C17H20FN3O3. The van der Waals surface area contributed by atoms with Gasteiger partial charge in [0.25, 0.3) is 0 Å². The molecule has 7 heteroatoms. The Morgan fingerprint density at radius 3 is 2.92 bits per heavy atom. The summed E-state index contributed by atoms with van der Waals surface area (Å²) in [6.07, 6.45) is 2.15. The van der Waals surface area contributed by atoms with Gasteiger partial charge in [-0.1, -0.05) is 0 Å². The number of ether oxygens (including phenoxy) is 2. The molecule has 0 aliphatic carbocycles. The molecule has 0 saturated carbocycles. The Hall–Kier alpha value is -2.25. The molecule has 1 atom stereocenters. The number of benzene rings is 1. The van der Waals surface area contributed by atoms with Crippen LogP contribution in [-0.4, -0.2) is 53.6 Å². The van der Waals surface area contributed by atoms with Gasteiger partial charge in [0.1, 0.15) is 5.82 Å². The maximum absolute atomic E-state index is 13.0. The van der Waals surface area contributed by atoms with Crippen molar-refractivity contribution in [1.29, 1.82) is 0 Å². The van der Waals surface area contributed by atoms with Crippen LogP contribution in [-0.2, 0) is 20.8 Å². The molecule has 128 valence electrons. The van der Waals surface area contributed by atoms with Crippen LogP contribution < -0.4 is 0 Å². The van der Waals surface area contributed by atoms with Crippen molar-refractivity contribution in [2.24, 2.45) is 0 Å². The lowest BCUT2D eigenvalue weighted by Gasteiger charge is -2.34. The topological polar surface area (TPSA) is 56.6 Å². The highest BCUT2D eigenvalue weighted by atomic mass is 19.1. The summed E-state index contributed by atoms with van der Waals surface area (Å²) in [5.74, 6) is -0.516. The van der Waals surface area contributed by atoms with Crippen molar-refractivity contribution in [2.45, 2.75) is 19.0 Å². The van der Waals surface area contributed by atoms with E-state index >= 15 is 0 Å². The monoisotopic (exact) mass is 333 g/mol. The molecule has 0 radical (unpaired) electrons. The molecule has 1 unspecified atom stereocenters. The lowest BCUT2D eigenvalue weighted by Crippen LogP contribution is -2.46. The minimum atomic E-state index is -0.273. The zero-order chi connectivity index (χ0) is 16.9. The Labute approximate surface area is 139 Å². The Morgan fingerprint density at radius 2 is 2.17 bits per heavy atom. The number of morpholine rings is 1. The third-order valence-electron chi connectivity index (χ3n) is 4.08. The van der Waals surface area contributed by atoms with Crippen LogP contribution in [0.4, 0.5) is 4.39 Å². The molecule has 1 aliphatic rings. The molecule has 2 aromatic rings. The Bertz CT molecular complexity index is 687. The first-order chi connectivity index (χ1) is 11.7. The van der Waals surface area contributed by atoms with Gasteiger partial charge in [-0.05, 0) is 30.3 Å². The largest absolute Gasteiger partial charge is 0.469 e. The molecule has 1 aromatic carbocycles. The van der Waals surface area contributed by atoms with Crippen LogP contribution in [0, 0.1) is 5.82 Å². The van der Waals surface area contributed by atoms with E-state index in [0.29, 0.717) is 26.2 Å². The van der Waals surface area contributed by atoms with Crippen molar-refractivity contribution in [3.05, 3.63) is 48.0 Å². The van der Waals surface area contributed by atoms with Gasteiger partial charge in [0.05, 0.1) is 38.1 Å². The summed E-state index contributed by atoms with van der Waals surface area (Å²) < 4.78 is 24.9.